The molecular weight excluding hydrogens is 258 g/mol. The summed E-state index contributed by atoms with van der Waals surface area (Å²) in [6.45, 7) is 2.61. The van der Waals surface area contributed by atoms with Gasteiger partial charge in [-0.1, -0.05) is 12.2 Å². The highest BCUT2D eigenvalue weighted by molar-refractivity contribution is 5.87. The van der Waals surface area contributed by atoms with Crippen molar-refractivity contribution in [2.45, 2.75) is 12.5 Å². The van der Waals surface area contributed by atoms with Gasteiger partial charge in [0.05, 0.1) is 5.56 Å². The second kappa shape index (κ2) is 7.07. The van der Waals surface area contributed by atoms with Crippen molar-refractivity contribution in [1.29, 1.82) is 0 Å². The number of β-amino-alcohol motifs (C(OH)–C–C–N with tert-alkyl or cyclic N) is 1. The van der Waals surface area contributed by atoms with Crippen LogP contribution in [0.2, 0.25) is 0 Å². The van der Waals surface area contributed by atoms with Gasteiger partial charge < -0.3 is 14.9 Å². The number of carboxylic acids is 1. The van der Waals surface area contributed by atoms with E-state index >= 15 is 0 Å². The number of aliphatic hydroxyl groups excluding tert-OH is 1. The van der Waals surface area contributed by atoms with Gasteiger partial charge in [0.1, 0.15) is 18.5 Å². The maximum absolute atomic E-state index is 10.7. The van der Waals surface area contributed by atoms with Crippen LogP contribution in [0.4, 0.5) is 0 Å². The SMILES string of the molecule is O=C(O)c1ccc(OCC(O)CN2CC=CCC2)cc1. The van der Waals surface area contributed by atoms with Crippen LogP contribution in [-0.2, 0) is 0 Å². The Morgan fingerprint density at radius 3 is 2.65 bits per heavy atom. The quantitative estimate of drug-likeness (QED) is 0.769. The van der Waals surface area contributed by atoms with Gasteiger partial charge in [-0.25, -0.2) is 4.79 Å². The smallest absolute Gasteiger partial charge is 0.335 e. The number of nitrogens with zero attached hydrogens (tertiary/aromatic N) is 1. The summed E-state index contributed by atoms with van der Waals surface area (Å²) in [5.74, 6) is -0.401. The van der Waals surface area contributed by atoms with Crippen LogP contribution in [0.25, 0.3) is 0 Å². The third kappa shape index (κ3) is 4.36. The Hall–Kier alpha value is -1.85. The fourth-order valence-corrected chi connectivity index (χ4v) is 2.09. The van der Waals surface area contributed by atoms with Gasteiger partial charge in [0.25, 0.3) is 0 Å². The molecule has 0 aliphatic carbocycles. The lowest BCUT2D eigenvalue weighted by molar-refractivity contribution is 0.0691. The average molecular weight is 277 g/mol. The summed E-state index contributed by atoms with van der Waals surface area (Å²) in [7, 11) is 0. The number of carboxylic acid groups (broad SMARTS) is 1. The Bertz CT molecular complexity index is 469. The number of carbonyl (C=O) groups is 1. The van der Waals surface area contributed by atoms with E-state index in [1.807, 2.05) is 0 Å². The van der Waals surface area contributed by atoms with Gasteiger partial charge in [-0.2, -0.15) is 0 Å². The highest BCUT2D eigenvalue weighted by Crippen LogP contribution is 2.12. The van der Waals surface area contributed by atoms with E-state index in [9.17, 15) is 9.90 Å². The first-order valence-electron chi connectivity index (χ1n) is 6.67. The van der Waals surface area contributed by atoms with Gasteiger partial charge in [0.2, 0.25) is 0 Å². The Balaban J connectivity index is 1.76. The molecule has 1 aliphatic rings. The standard InChI is InChI=1S/C15H19NO4/c17-13(10-16-8-2-1-3-9-16)11-20-14-6-4-12(5-7-14)15(18)19/h1-2,4-7,13,17H,3,8-11H2,(H,18,19). The second-order valence-corrected chi connectivity index (χ2v) is 4.81. The van der Waals surface area contributed by atoms with E-state index in [0.29, 0.717) is 12.3 Å². The first kappa shape index (κ1) is 14.6. The number of aromatic carboxylic acids is 1. The normalized spacial score (nSPS) is 16.9. The molecule has 1 heterocycles. The molecule has 108 valence electrons. The van der Waals surface area contributed by atoms with E-state index in [0.717, 1.165) is 19.5 Å². The Labute approximate surface area is 118 Å². The molecule has 0 radical (unpaired) electrons. The molecule has 5 heteroatoms. The largest absolute Gasteiger partial charge is 0.491 e. The highest BCUT2D eigenvalue weighted by atomic mass is 16.5. The number of ether oxygens (including phenoxy) is 1. The van der Waals surface area contributed by atoms with Crippen molar-refractivity contribution in [3.63, 3.8) is 0 Å². The first-order chi connectivity index (χ1) is 9.65. The maximum atomic E-state index is 10.7. The van der Waals surface area contributed by atoms with Crippen molar-refractivity contribution >= 4 is 5.97 Å². The van der Waals surface area contributed by atoms with E-state index in [2.05, 4.69) is 17.1 Å². The molecule has 2 rings (SSSR count). The van der Waals surface area contributed by atoms with Gasteiger partial charge in [0, 0.05) is 19.6 Å². The zero-order valence-corrected chi connectivity index (χ0v) is 11.2. The lowest BCUT2D eigenvalue weighted by Crippen LogP contribution is -2.37. The Morgan fingerprint density at radius 2 is 2.05 bits per heavy atom. The van der Waals surface area contributed by atoms with Gasteiger partial charge in [-0.15, -0.1) is 0 Å². The van der Waals surface area contributed by atoms with E-state index in [-0.39, 0.29) is 12.2 Å². The average Bonchev–Trinajstić information content (AvgIpc) is 2.46. The van der Waals surface area contributed by atoms with Crippen molar-refractivity contribution in [1.82, 2.24) is 4.90 Å². The van der Waals surface area contributed by atoms with Gasteiger partial charge >= 0.3 is 5.97 Å². The molecule has 2 N–H and O–H groups in total. The summed E-state index contributed by atoms with van der Waals surface area (Å²) in [5, 5.41) is 18.7. The van der Waals surface area contributed by atoms with E-state index in [4.69, 9.17) is 9.84 Å². The number of hydrogen-bond donors (Lipinski definition) is 2. The fraction of sp³-hybridized carbons (Fsp3) is 0.400. The summed E-state index contributed by atoms with van der Waals surface area (Å²) < 4.78 is 5.46. The molecule has 1 atom stereocenters. The molecule has 1 aromatic rings. The van der Waals surface area contributed by atoms with Crippen LogP contribution >= 0.6 is 0 Å². The summed E-state index contributed by atoms with van der Waals surface area (Å²) in [6.07, 6.45) is 4.70. The van der Waals surface area contributed by atoms with Crippen molar-refractivity contribution in [2.75, 3.05) is 26.2 Å². The maximum Gasteiger partial charge on any atom is 0.335 e. The molecule has 0 saturated heterocycles. The van der Waals surface area contributed by atoms with E-state index < -0.39 is 12.1 Å². The molecular formula is C15H19NO4. The zero-order valence-electron chi connectivity index (χ0n) is 11.2. The summed E-state index contributed by atoms with van der Waals surface area (Å²) >= 11 is 0. The Kier molecular flexibility index (Phi) is 5.15. The number of aliphatic hydroxyl groups is 1. The molecule has 0 saturated carbocycles. The third-order valence-electron chi connectivity index (χ3n) is 3.15. The minimum atomic E-state index is -0.963. The number of benzene rings is 1. The third-order valence-corrected chi connectivity index (χ3v) is 3.15. The van der Waals surface area contributed by atoms with Crippen LogP contribution in [0.3, 0.4) is 0 Å². The topological polar surface area (TPSA) is 70.0 Å². The minimum Gasteiger partial charge on any atom is -0.491 e. The highest BCUT2D eigenvalue weighted by Gasteiger charge is 2.13. The fourth-order valence-electron chi connectivity index (χ4n) is 2.09. The van der Waals surface area contributed by atoms with Crippen molar-refractivity contribution in [3.05, 3.63) is 42.0 Å². The zero-order chi connectivity index (χ0) is 14.4. The molecule has 0 bridgehead atoms. The molecule has 5 nitrogen and oxygen atoms in total. The monoisotopic (exact) mass is 277 g/mol. The summed E-state index contributed by atoms with van der Waals surface area (Å²) in [6, 6.07) is 6.17. The van der Waals surface area contributed by atoms with Gasteiger partial charge in [-0.3, -0.25) is 4.90 Å². The summed E-state index contributed by atoms with van der Waals surface area (Å²) in [4.78, 5) is 12.9. The van der Waals surface area contributed by atoms with Gasteiger partial charge in [-0.05, 0) is 30.7 Å². The van der Waals surface area contributed by atoms with Gasteiger partial charge in [0.15, 0.2) is 0 Å². The predicted octanol–water partition coefficient (Wildman–Crippen LogP) is 1.39. The van der Waals surface area contributed by atoms with Crippen LogP contribution in [-0.4, -0.2) is 53.4 Å². The molecule has 0 fully saturated rings. The van der Waals surface area contributed by atoms with E-state index in [1.165, 1.54) is 12.1 Å². The van der Waals surface area contributed by atoms with Crippen LogP contribution in [0, 0.1) is 0 Å². The van der Waals surface area contributed by atoms with Crippen molar-refractivity contribution in [3.8, 4) is 5.75 Å². The second-order valence-electron chi connectivity index (χ2n) is 4.81. The molecule has 1 aliphatic heterocycles. The lowest BCUT2D eigenvalue weighted by Gasteiger charge is -2.25. The molecule has 0 spiro atoms. The van der Waals surface area contributed by atoms with Crippen LogP contribution < -0.4 is 4.74 Å². The van der Waals surface area contributed by atoms with Crippen molar-refractivity contribution < 1.29 is 19.7 Å². The van der Waals surface area contributed by atoms with Crippen LogP contribution in [0.5, 0.6) is 5.75 Å². The molecule has 1 unspecified atom stereocenters. The van der Waals surface area contributed by atoms with Crippen molar-refractivity contribution in [2.24, 2.45) is 0 Å². The summed E-state index contributed by atoms with van der Waals surface area (Å²) in [5.41, 5.74) is 0.220. The predicted molar refractivity (Wildman–Crippen MR) is 75.1 cm³/mol. The first-order valence-corrected chi connectivity index (χ1v) is 6.67. The molecule has 0 aromatic heterocycles. The minimum absolute atomic E-state index is 0.201. The molecule has 0 amide bonds. The molecule has 1 aromatic carbocycles. The Morgan fingerprint density at radius 1 is 1.30 bits per heavy atom. The van der Waals surface area contributed by atoms with E-state index in [1.54, 1.807) is 12.1 Å². The molecule has 20 heavy (non-hydrogen) atoms. The van der Waals surface area contributed by atoms with Crippen LogP contribution in [0.15, 0.2) is 36.4 Å². The lowest BCUT2D eigenvalue weighted by atomic mass is 10.2. The van der Waals surface area contributed by atoms with Crippen LogP contribution in [0.1, 0.15) is 16.8 Å². The number of hydrogen-bond acceptors (Lipinski definition) is 4. The number of rotatable bonds is 6.